The molecular formula is C12H16N4. The molecular weight excluding hydrogens is 200 g/mol. The molecule has 0 saturated carbocycles. The molecule has 2 heterocycles. The van der Waals surface area contributed by atoms with Crippen LogP contribution in [0, 0.1) is 0 Å². The van der Waals surface area contributed by atoms with Gasteiger partial charge in [-0.15, -0.1) is 0 Å². The molecule has 16 heavy (non-hydrogen) atoms. The number of hydrogen-bond donors (Lipinski definition) is 1. The molecule has 0 spiro atoms. The van der Waals surface area contributed by atoms with E-state index in [0.717, 1.165) is 25.2 Å². The first-order valence-electron chi connectivity index (χ1n) is 5.43. The van der Waals surface area contributed by atoms with Crippen molar-refractivity contribution < 1.29 is 0 Å². The average molecular weight is 216 g/mol. The first-order chi connectivity index (χ1) is 7.84. The maximum Gasteiger partial charge on any atom is 0.0637 e. The highest BCUT2D eigenvalue weighted by Gasteiger charge is 1.96. The number of pyridine rings is 1. The lowest BCUT2D eigenvalue weighted by atomic mass is 10.2. The molecule has 0 aliphatic carbocycles. The van der Waals surface area contributed by atoms with E-state index in [4.69, 9.17) is 0 Å². The highest BCUT2D eigenvalue weighted by Crippen LogP contribution is 1.96. The Bertz CT molecular complexity index is 422. The highest BCUT2D eigenvalue weighted by molar-refractivity contribution is 5.08. The average Bonchev–Trinajstić information content (AvgIpc) is 2.72. The summed E-state index contributed by atoms with van der Waals surface area (Å²) in [5, 5.41) is 7.69. The fraction of sp³-hybridized carbons (Fsp3) is 0.333. The minimum absolute atomic E-state index is 0.862. The zero-order chi connectivity index (χ0) is 11.2. The van der Waals surface area contributed by atoms with Crippen molar-refractivity contribution >= 4 is 0 Å². The lowest BCUT2D eigenvalue weighted by Gasteiger charge is -2.02. The SMILES string of the molecule is Cn1ccc(CCNCc2cccnc2)n1. The molecule has 2 aromatic heterocycles. The summed E-state index contributed by atoms with van der Waals surface area (Å²) in [4.78, 5) is 4.07. The van der Waals surface area contributed by atoms with Crippen molar-refractivity contribution in [2.24, 2.45) is 7.05 Å². The smallest absolute Gasteiger partial charge is 0.0637 e. The monoisotopic (exact) mass is 216 g/mol. The van der Waals surface area contributed by atoms with Gasteiger partial charge in [0.15, 0.2) is 0 Å². The Labute approximate surface area is 95.3 Å². The van der Waals surface area contributed by atoms with E-state index in [1.54, 1.807) is 6.20 Å². The molecule has 0 aromatic carbocycles. The van der Waals surface area contributed by atoms with Crippen LogP contribution >= 0.6 is 0 Å². The van der Waals surface area contributed by atoms with Crippen molar-refractivity contribution in [1.82, 2.24) is 20.1 Å². The van der Waals surface area contributed by atoms with Crippen molar-refractivity contribution in [3.05, 3.63) is 48.0 Å². The number of nitrogens with one attached hydrogen (secondary N) is 1. The van der Waals surface area contributed by atoms with Crippen molar-refractivity contribution in [3.63, 3.8) is 0 Å². The normalized spacial score (nSPS) is 10.6. The second-order valence-corrected chi connectivity index (χ2v) is 3.77. The molecule has 2 rings (SSSR count). The number of nitrogens with zero attached hydrogens (tertiary/aromatic N) is 3. The molecule has 2 aromatic rings. The molecule has 0 aliphatic heterocycles. The molecule has 0 atom stereocenters. The summed E-state index contributed by atoms with van der Waals surface area (Å²) >= 11 is 0. The van der Waals surface area contributed by atoms with E-state index < -0.39 is 0 Å². The van der Waals surface area contributed by atoms with Crippen LogP contribution in [-0.2, 0) is 20.0 Å². The van der Waals surface area contributed by atoms with Crippen LogP contribution in [0.1, 0.15) is 11.3 Å². The summed E-state index contributed by atoms with van der Waals surface area (Å²) in [6.45, 7) is 1.80. The van der Waals surface area contributed by atoms with Crippen LogP contribution < -0.4 is 5.32 Å². The first-order valence-corrected chi connectivity index (χ1v) is 5.43. The Morgan fingerprint density at radius 1 is 1.38 bits per heavy atom. The fourth-order valence-corrected chi connectivity index (χ4v) is 1.55. The van der Waals surface area contributed by atoms with Gasteiger partial charge in [-0.05, 0) is 17.7 Å². The Morgan fingerprint density at radius 3 is 3.00 bits per heavy atom. The maximum atomic E-state index is 4.32. The van der Waals surface area contributed by atoms with Gasteiger partial charge in [-0.25, -0.2) is 0 Å². The van der Waals surface area contributed by atoms with Crippen molar-refractivity contribution in [2.45, 2.75) is 13.0 Å². The Hall–Kier alpha value is -1.68. The van der Waals surface area contributed by atoms with E-state index in [1.165, 1.54) is 5.56 Å². The summed E-state index contributed by atoms with van der Waals surface area (Å²) in [6, 6.07) is 6.07. The van der Waals surface area contributed by atoms with Gasteiger partial charge >= 0.3 is 0 Å². The predicted octanol–water partition coefficient (Wildman–Crippen LogP) is 1.15. The lowest BCUT2D eigenvalue weighted by Crippen LogP contribution is -2.17. The molecule has 0 radical (unpaired) electrons. The van der Waals surface area contributed by atoms with Gasteiger partial charge in [-0.1, -0.05) is 6.07 Å². The lowest BCUT2D eigenvalue weighted by molar-refractivity contribution is 0.664. The summed E-state index contributed by atoms with van der Waals surface area (Å²) in [5.74, 6) is 0. The number of hydrogen-bond acceptors (Lipinski definition) is 3. The summed E-state index contributed by atoms with van der Waals surface area (Å²) in [7, 11) is 1.94. The standard InChI is InChI=1S/C12H16N4/c1-16-8-5-12(15-16)4-7-14-10-11-3-2-6-13-9-11/h2-3,5-6,8-9,14H,4,7,10H2,1H3. The fourth-order valence-electron chi connectivity index (χ4n) is 1.55. The Kier molecular flexibility index (Phi) is 3.66. The quantitative estimate of drug-likeness (QED) is 0.762. The molecule has 0 fully saturated rings. The van der Waals surface area contributed by atoms with Crippen LogP contribution in [0.25, 0.3) is 0 Å². The van der Waals surface area contributed by atoms with Crippen molar-refractivity contribution in [3.8, 4) is 0 Å². The summed E-state index contributed by atoms with van der Waals surface area (Å²) < 4.78 is 1.83. The Morgan fingerprint density at radius 2 is 2.31 bits per heavy atom. The first kappa shape index (κ1) is 10.8. The third-order valence-corrected chi connectivity index (χ3v) is 2.38. The highest BCUT2D eigenvalue weighted by atomic mass is 15.2. The second-order valence-electron chi connectivity index (χ2n) is 3.77. The molecule has 0 saturated heterocycles. The van der Waals surface area contributed by atoms with Crippen molar-refractivity contribution in [1.29, 1.82) is 0 Å². The van der Waals surface area contributed by atoms with Crippen LogP contribution in [0.4, 0.5) is 0 Å². The maximum absolute atomic E-state index is 4.32. The van der Waals surface area contributed by atoms with E-state index in [1.807, 2.05) is 36.3 Å². The van der Waals surface area contributed by atoms with Gasteiger partial charge in [0.05, 0.1) is 5.69 Å². The zero-order valence-electron chi connectivity index (χ0n) is 9.43. The van der Waals surface area contributed by atoms with E-state index in [-0.39, 0.29) is 0 Å². The van der Waals surface area contributed by atoms with Crippen LogP contribution in [0.5, 0.6) is 0 Å². The van der Waals surface area contributed by atoms with Crippen LogP contribution in [-0.4, -0.2) is 21.3 Å². The largest absolute Gasteiger partial charge is 0.312 e. The van der Waals surface area contributed by atoms with Crippen LogP contribution in [0.2, 0.25) is 0 Å². The molecule has 0 amide bonds. The number of rotatable bonds is 5. The van der Waals surface area contributed by atoms with Gasteiger partial charge in [0.2, 0.25) is 0 Å². The molecule has 0 bridgehead atoms. The zero-order valence-corrected chi connectivity index (χ0v) is 9.43. The van der Waals surface area contributed by atoms with Gasteiger partial charge in [-0.2, -0.15) is 5.10 Å². The van der Waals surface area contributed by atoms with Gasteiger partial charge in [0.1, 0.15) is 0 Å². The predicted molar refractivity (Wildman–Crippen MR) is 62.9 cm³/mol. The Balaban J connectivity index is 1.69. The van der Waals surface area contributed by atoms with Gasteiger partial charge in [0, 0.05) is 45.1 Å². The second kappa shape index (κ2) is 5.42. The van der Waals surface area contributed by atoms with E-state index >= 15 is 0 Å². The molecule has 1 N–H and O–H groups in total. The number of aryl methyl sites for hydroxylation is 1. The topological polar surface area (TPSA) is 42.7 Å². The molecule has 4 heteroatoms. The number of aromatic nitrogens is 3. The van der Waals surface area contributed by atoms with Gasteiger partial charge in [-0.3, -0.25) is 9.67 Å². The third kappa shape index (κ3) is 3.17. The van der Waals surface area contributed by atoms with Crippen LogP contribution in [0.15, 0.2) is 36.8 Å². The molecule has 0 unspecified atom stereocenters. The minimum atomic E-state index is 0.862. The van der Waals surface area contributed by atoms with Gasteiger partial charge < -0.3 is 5.32 Å². The van der Waals surface area contributed by atoms with Crippen LogP contribution in [0.3, 0.4) is 0 Å². The summed E-state index contributed by atoms with van der Waals surface area (Å²) in [5.41, 5.74) is 2.34. The molecule has 0 aliphatic rings. The van der Waals surface area contributed by atoms with E-state index in [9.17, 15) is 0 Å². The van der Waals surface area contributed by atoms with Gasteiger partial charge in [0.25, 0.3) is 0 Å². The van der Waals surface area contributed by atoms with Crippen molar-refractivity contribution in [2.75, 3.05) is 6.54 Å². The van der Waals surface area contributed by atoms with E-state index in [0.29, 0.717) is 0 Å². The minimum Gasteiger partial charge on any atom is -0.312 e. The summed E-state index contributed by atoms with van der Waals surface area (Å²) in [6.07, 6.45) is 6.60. The van der Waals surface area contributed by atoms with E-state index in [2.05, 4.69) is 21.5 Å². The third-order valence-electron chi connectivity index (χ3n) is 2.38. The molecule has 84 valence electrons. The molecule has 4 nitrogen and oxygen atoms in total.